The molecule has 1 aromatic heterocycles. The van der Waals surface area contributed by atoms with Crippen molar-refractivity contribution in [2.24, 2.45) is 29.4 Å². The van der Waals surface area contributed by atoms with Crippen LogP contribution in [0.2, 0.25) is 0 Å². The normalized spacial score (nSPS) is 29.4. The number of fused-ring (bicyclic) bond motifs is 3. The van der Waals surface area contributed by atoms with Crippen molar-refractivity contribution < 1.29 is 38.6 Å². The summed E-state index contributed by atoms with van der Waals surface area (Å²) in [4.78, 5) is 70.2. The fourth-order valence-corrected chi connectivity index (χ4v) is 7.09. The number of nitrogens with two attached hydrogens (primary N) is 1. The molecule has 11 heteroatoms. The molecule has 2 aromatic rings. The Morgan fingerprint density at radius 3 is 2.51 bits per heavy atom. The lowest BCUT2D eigenvalue weighted by Gasteiger charge is -2.52. The molecule has 2 unspecified atom stereocenters. The lowest BCUT2D eigenvalue weighted by Crippen LogP contribution is -2.74. The molecular formula is C30H33N3O8. The van der Waals surface area contributed by atoms with Crippen LogP contribution in [-0.2, 0) is 32.1 Å². The lowest BCUT2D eigenvalue weighted by atomic mass is 9.52. The van der Waals surface area contributed by atoms with Gasteiger partial charge in [0.15, 0.2) is 34.7 Å². The first-order valence-electron chi connectivity index (χ1n) is 13.4. The molecule has 2 fully saturated rings. The number of hydrogen-bond acceptors (Lipinski definition) is 10. The zero-order valence-corrected chi connectivity index (χ0v) is 23.1. The van der Waals surface area contributed by atoms with Gasteiger partial charge in [0.2, 0.25) is 5.91 Å². The van der Waals surface area contributed by atoms with E-state index in [4.69, 9.17) is 10.2 Å². The minimum absolute atomic E-state index is 0.0218. The van der Waals surface area contributed by atoms with Crippen molar-refractivity contribution in [3.05, 3.63) is 53.8 Å². The molecular weight excluding hydrogens is 530 g/mol. The Balaban J connectivity index is 1.62. The van der Waals surface area contributed by atoms with E-state index in [-0.39, 0.29) is 24.2 Å². The second-order valence-corrected chi connectivity index (χ2v) is 11.5. The first-order valence-corrected chi connectivity index (χ1v) is 13.4. The highest BCUT2D eigenvalue weighted by molar-refractivity contribution is 6.32. The second kappa shape index (κ2) is 10.2. The van der Waals surface area contributed by atoms with E-state index >= 15 is 0 Å². The Labute approximate surface area is 236 Å². The number of likely N-dealkylation sites (N-methyl/N-ethyl adjacent to an activating group) is 2. The van der Waals surface area contributed by atoms with E-state index in [9.17, 15) is 34.2 Å². The molecule has 1 heterocycles. The lowest BCUT2D eigenvalue weighted by molar-refractivity contribution is -0.181. The molecule has 2 saturated carbocycles. The summed E-state index contributed by atoms with van der Waals surface area (Å²) < 4.78 is 5.85. The van der Waals surface area contributed by atoms with Crippen LogP contribution in [0.1, 0.15) is 27.9 Å². The highest BCUT2D eigenvalue weighted by Crippen LogP contribution is 2.52. The highest BCUT2D eigenvalue weighted by Gasteiger charge is 2.69. The molecule has 0 aliphatic heterocycles. The molecule has 5 rings (SSSR count). The summed E-state index contributed by atoms with van der Waals surface area (Å²) in [5.41, 5.74) is 4.45. The van der Waals surface area contributed by atoms with E-state index in [0.29, 0.717) is 30.0 Å². The van der Waals surface area contributed by atoms with Crippen LogP contribution in [-0.4, -0.2) is 88.4 Å². The molecule has 6 atom stereocenters. The maximum Gasteiger partial charge on any atom is 0.235 e. The van der Waals surface area contributed by atoms with Gasteiger partial charge in [0.05, 0.1) is 23.8 Å². The number of hydrogen-bond donors (Lipinski definition) is 3. The fraction of sp³-hybridized carbons (Fsp3) is 0.433. The summed E-state index contributed by atoms with van der Waals surface area (Å²) in [5.74, 6) is -10.3. The Morgan fingerprint density at radius 1 is 1.17 bits per heavy atom. The molecule has 216 valence electrons. The number of rotatable bonds is 7. The molecule has 3 aliphatic rings. The van der Waals surface area contributed by atoms with Crippen molar-refractivity contribution in [2.75, 3.05) is 27.7 Å². The van der Waals surface area contributed by atoms with Crippen LogP contribution in [0.15, 0.2) is 41.5 Å². The number of furan rings is 1. The quantitative estimate of drug-likeness (QED) is 0.322. The Hall–Kier alpha value is -3.93. The molecule has 3 aliphatic carbocycles. The first kappa shape index (κ1) is 28.6. The summed E-state index contributed by atoms with van der Waals surface area (Å²) in [7, 11) is 5.02. The molecule has 4 N–H and O–H groups in total. The van der Waals surface area contributed by atoms with Gasteiger partial charge in [-0.15, -0.1) is 6.58 Å². The van der Waals surface area contributed by atoms with Gasteiger partial charge in [-0.2, -0.15) is 0 Å². The number of phenolic OH excluding ortho intramolecular Hbond substituents is 1. The summed E-state index contributed by atoms with van der Waals surface area (Å²) in [6, 6.07) is 3.68. The van der Waals surface area contributed by atoms with Gasteiger partial charge in [-0.1, -0.05) is 6.08 Å². The molecule has 41 heavy (non-hydrogen) atoms. The first-order chi connectivity index (χ1) is 19.3. The fourth-order valence-electron chi connectivity index (χ4n) is 7.09. The Morgan fingerprint density at radius 2 is 1.88 bits per heavy atom. The zero-order valence-electron chi connectivity index (χ0n) is 23.1. The van der Waals surface area contributed by atoms with E-state index < -0.39 is 64.4 Å². The van der Waals surface area contributed by atoms with Crippen LogP contribution in [0.25, 0.3) is 11.3 Å². The van der Waals surface area contributed by atoms with Crippen molar-refractivity contribution in [1.82, 2.24) is 9.80 Å². The SMILES string of the molecule is C=CCN(C)Cc1ccoc1-c1ccc(O)c2c1C[C@H]1C[C@H]3[C@H](N(C)C)C(=O)C(C(N)=O)C(=O)[C@@]3(O)C(=O)C1C2=O. The number of ketones is 4. The number of primary amides is 1. The van der Waals surface area contributed by atoms with Gasteiger partial charge in [-0.3, -0.25) is 33.8 Å². The van der Waals surface area contributed by atoms with Crippen molar-refractivity contribution >= 4 is 29.0 Å². The van der Waals surface area contributed by atoms with E-state index in [0.717, 1.165) is 5.56 Å². The number of aromatic hydroxyl groups is 1. The van der Waals surface area contributed by atoms with Gasteiger partial charge in [-0.25, -0.2) is 0 Å². The van der Waals surface area contributed by atoms with Crippen molar-refractivity contribution in [1.29, 1.82) is 0 Å². The molecule has 11 nitrogen and oxygen atoms in total. The monoisotopic (exact) mass is 563 g/mol. The summed E-state index contributed by atoms with van der Waals surface area (Å²) >= 11 is 0. The molecule has 0 saturated heterocycles. The number of nitrogens with zero attached hydrogens (tertiary/aromatic N) is 2. The van der Waals surface area contributed by atoms with Gasteiger partial charge in [0, 0.05) is 30.1 Å². The maximum absolute atomic E-state index is 14.0. The largest absolute Gasteiger partial charge is 0.507 e. The third-order valence-electron chi connectivity index (χ3n) is 8.82. The van der Waals surface area contributed by atoms with Gasteiger partial charge in [0.1, 0.15) is 11.5 Å². The predicted molar refractivity (Wildman–Crippen MR) is 146 cm³/mol. The number of carbonyl (C=O) groups excluding carboxylic acids is 5. The maximum atomic E-state index is 14.0. The van der Waals surface area contributed by atoms with Crippen LogP contribution in [0.5, 0.6) is 5.75 Å². The average Bonchev–Trinajstić information content (AvgIpc) is 3.33. The van der Waals surface area contributed by atoms with Crippen molar-refractivity contribution in [2.45, 2.75) is 31.0 Å². The Bertz CT molecular complexity index is 1490. The molecule has 1 aromatic carbocycles. The van der Waals surface area contributed by atoms with E-state index in [1.165, 1.54) is 11.0 Å². The number of benzene rings is 1. The third kappa shape index (κ3) is 4.18. The summed E-state index contributed by atoms with van der Waals surface area (Å²) in [5, 5.41) is 22.5. The van der Waals surface area contributed by atoms with Crippen LogP contribution in [0, 0.1) is 23.7 Å². The number of aliphatic hydroxyl groups is 1. The standard InChI is InChI=1S/C30H33N3O8/c1-5-9-33(4)13-14-8-10-41-26(14)16-6-7-19(34)21-17(16)11-15-12-18-23(32(2)3)25(36)22(29(31)39)28(38)30(18,40)27(37)20(15)24(21)35/h5-8,10,15,18,20,22-23,34,40H,1,9,11-13H2,2-4H3,(H2,31,39)/t15-,18-,20?,22?,23-,30-/m0/s1. The number of amides is 1. The smallest absolute Gasteiger partial charge is 0.235 e. The van der Waals surface area contributed by atoms with Crippen LogP contribution in [0.3, 0.4) is 0 Å². The number of carbonyl (C=O) groups is 5. The Kier molecular flexibility index (Phi) is 7.09. The average molecular weight is 564 g/mol. The van der Waals surface area contributed by atoms with Crippen molar-refractivity contribution in [3.8, 4) is 17.1 Å². The predicted octanol–water partition coefficient (Wildman–Crippen LogP) is 0.745. The number of Topliss-reactive ketones (excluding diaryl/α,β-unsaturated/α-hetero) is 4. The van der Waals surface area contributed by atoms with Gasteiger partial charge in [-0.05, 0) is 63.7 Å². The highest BCUT2D eigenvalue weighted by atomic mass is 16.3. The van der Waals surface area contributed by atoms with E-state index in [1.54, 1.807) is 32.5 Å². The molecule has 0 bridgehead atoms. The molecule has 1 amide bonds. The number of phenols is 1. The topological polar surface area (TPSA) is 171 Å². The zero-order chi connectivity index (χ0) is 30.0. The molecule has 0 spiro atoms. The van der Waals surface area contributed by atoms with Gasteiger partial charge in [0.25, 0.3) is 0 Å². The summed E-state index contributed by atoms with van der Waals surface area (Å²) in [6.45, 7) is 4.92. The second-order valence-electron chi connectivity index (χ2n) is 11.5. The third-order valence-corrected chi connectivity index (χ3v) is 8.82. The minimum Gasteiger partial charge on any atom is -0.507 e. The van der Waals surface area contributed by atoms with Gasteiger partial charge < -0.3 is 20.4 Å². The van der Waals surface area contributed by atoms with E-state index in [2.05, 4.69) is 6.58 Å². The van der Waals surface area contributed by atoms with Gasteiger partial charge >= 0.3 is 0 Å². The van der Waals surface area contributed by atoms with E-state index in [1.807, 2.05) is 18.0 Å². The van der Waals surface area contributed by atoms with Crippen LogP contribution >= 0.6 is 0 Å². The van der Waals surface area contributed by atoms with Crippen LogP contribution < -0.4 is 5.73 Å². The van der Waals surface area contributed by atoms with Crippen LogP contribution in [0.4, 0.5) is 0 Å². The molecule has 0 radical (unpaired) electrons. The van der Waals surface area contributed by atoms with Crippen molar-refractivity contribution in [3.63, 3.8) is 0 Å². The summed E-state index contributed by atoms with van der Waals surface area (Å²) in [6.07, 6.45) is 3.44. The minimum atomic E-state index is -2.76.